The first-order valence-corrected chi connectivity index (χ1v) is 26.1. The number of anilines is 8. The number of para-hydroxylation sites is 4. The highest BCUT2D eigenvalue weighted by atomic mass is 15.3. The van der Waals surface area contributed by atoms with Crippen LogP contribution in [0, 0.1) is 0 Å². The van der Waals surface area contributed by atoms with Crippen LogP contribution in [0.3, 0.4) is 0 Å². The van der Waals surface area contributed by atoms with Crippen LogP contribution in [0.15, 0.2) is 194 Å². The third-order valence-electron chi connectivity index (χ3n) is 17.1. The molecule has 344 valence electrons. The van der Waals surface area contributed by atoms with E-state index in [-0.39, 0.29) is 0 Å². The van der Waals surface area contributed by atoms with Gasteiger partial charge in [-0.25, -0.2) is 4.98 Å². The van der Waals surface area contributed by atoms with Gasteiger partial charge in [0.2, 0.25) is 0 Å². The molecular formula is C65H59N5. The largest absolute Gasteiger partial charge is 0.341 e. The summed E-state index contributed by atoms with van der Waals surface area (Å²) in [4.78, 5) is 15.6. The average molecular weight is 910 g/mol. The lowest BCUT2D eigenvalue weighted by atomic mass is 9.80. The van der Waals surface area contributed by atoms with E-state index in [0.29, 0.717) is 29.8 Å². The maximum Gasteiger partial charge on any atom is 0.133 e. The molecule has 5 nitrogen and oxygen atoms in total. The fourth-order valence-corrected chi connectivity index (χ4v) is 13.9. The standard InChI is InChI=1S/C65H59N5/c1-43-38-47(36-37-67(48-16-4-2-5-17-48)58-24-12-8-20-51(43)58)46-29-33-63-56(41-46)53-22-10-14-26-60(53)69(63)50-31-35-65(66-42-50)70-61-27-15-11-23-54(61)57-40-45(30-34-64(57)70)44-28-32-62-55(39-44)52-21-9-13-25-59(52)68(62)49-18-6-3-7-19-49/h2-9,12-13,16-21,24-25,28-35,38,40-42,53-55,60-61H,1,10-11,14-15,22-23,26-27,36-37,39H2/b47-38+. The van der Waals surface area contributed by atoms with Gasteiger partial charge in [-0.2, -0.15) is 0 Å². The molecule has 14 rings (SSSR count). The number of fused-ring (bicyclic) bond motifs is 10. The van der Waals surface area contributed by atoms with Crippen molar-refractivity contribution in [1.29, 1.82) is 0 Å². The second kappa shape index (κ2) is 16.9. The molecule has 3 aliphatic carbocycles. The van der Waals surface area contributed by atoms with Gasteiger partial charge in [0.25, 0.3) is 0 Å². The number of hydrogen-bond donors (Lipinski definition) is 0. The summed E-state index contributed by atoms with van der Waals surface area (Å²) < 4.78 is 0. The van der Waals surface area contributed by atoms with Gasteiger partial charge in [0, 0.05) is 81.8 Å². The summed E-state index contributed by atoms with van der Waals surface area (Å²) in [5.74, 6) is 2.45. The number of rotatable bonds is 6. The van der Waals surface area contributed by atoms with Gasteiger partial charge in [-0.1, -0.05) is 129 Å². The molecule has 2 saturated carbocycles. The Morgan fingerprint density at radius 3 is 1.86 bits per heavy atom. The third kappa shape index (κ3) is 6.76. The molecular weight excluding hydrogens is 851 g/mol. The van der Waals surface area contributed by atoms with Gasteiger partial charge < -0.3 is 19.6 Å². The Morgan fingerprint density at radius 1 is 0.500 bits per heavy atom. The fraction of sp³-hybridized carbons (Fsp3) is 0.246. The molecule has 5 heterocycles. The topological polar surface area (TPSA) is 25.9 Å². The minimum atomic E-state index is 0.342. The van der Waals surface area contributed by atoms with Crippen LogP contribution in [-0.4, -0.2) is 23.6 Å². The van der Waals surface area contributed by atoms with E-state index in [9.17, 15) is 0 Å². The second-order valence-electron chi connectivity index (χ2n) is 20.8. The van der Waals surface area contributed by atoms with Gasteiger partial charge in [0.05, 0.1) is 11.9 Å². The van der Waals surface area contributed by atoms with Crippen molar-refractivity contribution in [2.24, 2.45) is 0 Å². The van der Waals surface area contributed by atoms with Crippen LogP contribution in [0.4, 0.5) is 45.6 Å². The predicted molar refractivity (Wildman–Crippen MR) is 291 cm³/mol. The summed E-state index contributed by atoms with van der Waals surface area (Å²) in [7, 11) is 0. The molecule has 0 spiro atoms. The number of hydrogen-bond acceptors (Lipinski definition) is 5. The molecule has 5 heteroatoms. The van der Waals surface area contributed by atoms with Crippen molar-refractivity contribution < 1.29 is 0 Å². The predicted octanol–water partition coefficient (Wildman–Crippen LogP) is 16.7. The second-order valence-corrected chi connectivity index (χ2v) is 20.8. The Labute approximate surface area is 413 Å². The molecule has 4 aliphatic heterocycles. The van der Waals surface area contributed by atoms with E-state index in [0.717, 1.165) is 30.8 Å². The summed E-state index contributed by atoms with van der Waals surface area (Å²) in [5, 5.41) is 0. The zero-order valence-electron chi connectivity index (χ0n) is 39.9. The van der Waals surface area contributed by atoms with Crippen molar-refractivity contribution in [2.75, 3.05) is 26.1 Å². The Kier molecular flexibility index (Phi) is 10.1. The number of aromatic nitrogens is 1. The Balaban J connectivity index is 0.761. The molecule has 70 heavy (non-hydrogen) atoms. The molecule has 7 aromatic rings. The van der Waals surface area contributed by atoms with Crippen molar-refractivity contribution >= 4 is 62.3 Å². The van der Waals surface area contributed by atoms with Crippen LogP contribution in [0.2, 0.25) is 0 Å². The lowest BCUT2D eigenvalue weighted by molar-refractivity contribution is 0.400. The summed E-state index contributed by atoms with van der Waals surface area (Å²) in [5.41, 5.74) is 22.5. The maximum atomic E-state index is 5.41. The number of benzene rings is 6. The van der Waals surface area contributed by atoms with Gasteiger partial charge >= 0.3 is 0 Å². The Morgan fingerprint density at radius 2 is 1.13 bits per heavy atom. The summed E-state index contributed by atoms with van der Waals surface area (Å²) in [6.45, 7) is 5.54. The quantitative estimate of drug-likeness (QED) is 0.166. The van der Waals surface area contributed by atoms with Gasteiger partial charge in [0.1, 0.15) is 5.82 Å². The van der Waals surface area contributed by atoms with E-state index >= 15 is 0 Å². The van der Waals surface area contributed by atoms with Crippen molar-refractivity contribution in [2.45, 2.75) is 94.0 Å². The molecule has 1 aromatic heterocycles. The van der Waals surface area contributed by atoms with Crippen LogP contribution in [0.1, 0.15) is 115 Å². The zero-order chi connectivity index (χ0) is 46.3. The lowest BCUT2D eigenvalue weighted by Crippen LogP contribution is -2.33. The maximum absolute atomic E-state index is 5.41. The van der Waals surface area contributed by atoms with Crippen LogP contribution in [0.5, 0.6) is 0 Å². The normalized spacial score (nSPS) is 23.9. The average Bonchev–Trinajstić information content (AvgIpc) is 4.06. The molecule has 0 bridgehead atoms. The van der Waals surface area contributed by atoms with E-state index in [1.165, 1.54) is 141 Å². The molecule has 0 radical (unpaired) electrons. The molecule has 0 amide bonds. The summed E-state index contributed by atoms with van der Waals surface area (Å²) >= 11 is 0. The van der Waals surface area contributed by atoms with E-state index in [2.05, 4.69) is 208 Å². The minimum Gasteiger partial charge on any atom is -0.341 e. The molecule has 6 aromatic carbocycles. The first-order chi connectivity index (χ1) is 34.6. The molecule has 7 aliphatic rings. The van der Waals surface area contributed by atoms with Crippen molar-refractivity contribution in [3.8, 4) is 0 Å². The van der Waals surface area contributed by atoms with E-state index < -0.39 is 0 Å². The number of allylic oxidation sites excluding steroid dienone is 6. The third-order valence-corrected chi connectivity index (χ3v) is 17.1. The highest BCUT2D eigenvalue weighted by Gasteiger charge is 2.44. The minimum absolute atomic E-state index is 0.342. The summed E-state index contributed by atoms with van der Waals surface area (Å²) in [6, 6.07) is 59.8. The molecule has 5 atom stereocenters. The molecule has 5 unspecified atom stereocenters. The summed E-state index contributed by atoms with van der Waals surface area (Å²) in [6.07, 6.45) is 21.3. The van der Waals surface area contributed by atoms with Gasteiger partial charge in [-0.05, 0) is 162 Å². The van der Waals surface area contributed by atoms with Crippen molar-refractivity contribution in [3.63, 3.8) is 0 Å². The van der Waals surface area contributed by atoms with Crippen molar-refractivity contribution in [3.05, 3.63) is 228 Å². The van der Waals surface area contributed by atoms with Crippen LogP contribution >= 0.6 is 0 Å². The molecule has 0 N–H and O–H groups in total. The highest BCUT2D eigenvalue weighted by molar-refractivity contribution is 5.91. The lowest BCUT2D eigenvalue weighted by Gasteiger charge is -2.34. The van der Waals surface area contributed by atoms with Crippen molar-refractivity contribution in [1.82, 2.24) is 4.98 Å². The molecule has 2 fully saturated rings. The van der Waals surface area contributed by atoms with Crippen LogP contribution in [0.25, 0.3) is 16.7 Å². The first-order valence-electron chi connectivity index (χ1n) is 26.1. The van der Waals surface area contributed by atoms with Gasteiger partial charge in [-0.15, -0.1) is 0 Å². The van der Waals surface area contributed by atoms with E-state index in [1.807, 2.05) is 0 Å². The highest BCUT2D eigenvalue weighted by Crippen LogP contribution is 2.56. The Hall–Kier alpha value is -7.37. The van der Waals surface area contributed by atoms with Gasteiger partial charge in [-0.3, -0.25) is 0 Å². The van der Waals surface area contributed by atoms with E-state index in [4.69, 9.17) is 4.98 Å². The fourth-order valence-electron chi connectivity index (χ4n) is 13.9. The van der Waals surface area contributed by atoms with E-state index in [1.54, 1.807) is 0 Å². The van der Waals surface area contributed by atoms with Crippen LogP contribution in [-0.2, 0) is 0 Å². The van der Waals surface area contributed by atoms with Crippen LogP contribution < -0.4 is 19.6 Å². The number of nitrogens with zero attached hydrogens (tertiary/aromatic N) is 5. The smallest absolute Gasteiger partial charge is 0.133 e. The Bertz CT molecular complexity index is 3270. The van der Waals surface area contributed by atoms with Gasteiger partial charge in [0.15, 0.2) is 0 Å². The SMILES string of the molecule is C=C1/C=C(/c2ccc3c(c2)C2CCCCC2N3c2ccc(N3c4ccc(C5=CC=C6C(C5)c5ccccc5N6c5ccccc5)cc4C4CCCCC43)nc2)CCN(c2ccccc2)c2ccccc21. The molecule has 0 saturated heterocycles. The zero-order valence-corrected chi connectivity index (χ0v) is 39.9. The monoisotopic (exact) mass is 909 g/mol. The first kappa shape index (κ1) is 41.6. The number of pyridine rings is 1.